The first-order valence-electron chi connectivity index (χ1n) is 13.2. The second-order valence-corrected chi connectivity index (χ2v) is 9.32. The van der Waals surface area contributed by atoms with Crippen LogP contribution in [0.3, 0.4) is 0 Å². The largest absolute Gasteiger partial charge is 0.464 e. The van der Waals surface area contributed by atoms with Crippen molar-refractivity contribution < 1.29 is 23.9 Å². The Hall–Kier alpha value is -3.88. The standard InChI is InChI=1S/C29H38N4O5/c1-5-7-8-12-17-38-29(36)32-25-19-22(15-16-30-25)18-24-21(4)33(26(24)27(34)37-6-2)28(35)31-20(3)23-13-10-9-11-14-23/h9-11,13-16,19-20,24,26H,4-8,12,17-18H2,1-3H3,(H,31,35)(H,30,32,36)/t20-,24+,26+/m1/s1. The third-order valence-electron chi connectivity index (χ3n) is 6.52. The molecular formula is C29H38N4O5. The Kier molecular flexibility index (Phi) is 10.7. The number of ether oxygens (including phenoxy) is 2. The second-order valence-electron chi connectivity index (χ2n) is 9.32. The molecule has 0 bridgehead atoms. The Morgan fingerprint density at radius 1 is 1.08 bits per heavy atom. The minimum absolute atomic E-state index is 0.203. The van der Waals surface area contributed by atoms with E-state index in [4.69, 9.17) is 9.47 Å². The highest BCUT2D eigenvalue weighted by molar-refractivity contribution is 5.89. The molecule has 0 radical (unpaired) electrons. The first-order chi connectivity index (χ1) is 18.3. The average Bonchev–Trinajstić information content (AvgIpc) is 2.90. The van der Waals surface area contributed by atoms with Gasteiger partial charge in [-0.15, -0.1) is 0 Å². The number of amides is 3. The maximum Gasteiger partial charge on any atom is 0.412 e. The maximum atomic E-state index is 13.1. The summed E-state index contributed by atoms with van der Waals surface area (Å²) in [6, 6.07) is 11.7. The number of hydrogen-bond acceptors (Lipinski definition) is 6. The Labute approximate surface area is 224 Å². The molecule has 9 heteroatoms. The van der Waals surface area contributed by atoms with Crippen molar-refractivity contribution in [1.82, 2.24) is 15.2 Å². The van der Waals surface area contributed by atoms with Crippen molar-refractivity contribution in [2.24, 2.45) is 5.92 Å². The molecule has 0 aliphatic carbocycles. The van der Waals surface area contributed by atoms with Crippen LogP contribution in [-0.2, 0) is 20.7 Å². The third-order valence-corrected chi connectivity index (χ3v) is 6.52. The summed E-state index contributed by atoms with van der Waals surface area (Å²) >= 11 is 0. The van der Waals surface area contributed by atoms with Gasteiger partial charge in [-0.2, -0.15) is 0 Å². The van der Waals surface area contributed by atoms with Gasteiger partial charge in [0.05, 0.1) is 19.3 Å². The molecule has 1 saturated heterocycles. The molecule has 3 rings (SSSR count). The summed E-state index contributed by atoms with van der Waals surface area (Å²) in [6.45, 7) is 10.4. The molecule has 0 saturated carbocycles. The van der Waals surface area contributed by atoms with Crippen molar-refractivity contribution in [3.63, 3.8) is 0 Å². The number of nitrogens with zero attached hydrogens (tertiary/aromatic N) is 2. The van der Waals surface area contributed by atoms with Crippen LogP contribution >= 0.6 is 0 Å². The van der Waals surface area contributed by atoms with E-state index in [1.165, 1.54) is 4.90 Å². The molecule has 0 spiro atoms. The quantitative estimate of drug-likeness (QED) is 0.277. The number of aromatic nitrogens is 1. The number of urea groups is 1. The van der Waals surface area contributed by atoms with Crippen LogP contribution in [0.1, 0.15) is 63.6 Å². The van der Waals surface area contributed by atoms with Crippen molar-refractivity contribution in [2.75, 3.05) is 18.5 Å². The Bertz CT molecular complexity index is 1110. The zero-order valence-electron chi connectivity index (χ0n) is 22.4. The summed E-state index contributed by atoms with van der Waals surface area (Å²) in [5, 5.41) is 5.60. The lowest BCUT2D eigenvalue weighted by atomic mass is 9.80. The maximum absolute atomic E-state index is 13.1. The van der Waals surface area contributed by atoms with Gasteiger partial charge in [0.2, 0.25) is 0 Å². The summed E-state index contributed by atoms with van der Waals surface area (Å²) < 4.78 is 10.5. The van der Waals surface area contributed by atoms with Crippen LogP contribution in [0.2, 0.25) is 0 Å². The minimum Gasteiger partial charge on any atom is -0.464 e. The fourth-order valence-corrected chi connectivity index (χ4v) is 4.46. The highest BCUT2D eigenvalue weighted by Crippen LogP contribution is 2.39. The molecule has 38 heavy (non-hydrogen) atoms. The topological polar surface area (TPSA) is 110 Å². The zero-order valence-corrected chi connectivity index (χ0v) is 22.4. The average molecular weight is 523 g/mol. The van der Waals surface area contributed by atoms with Gasteiger partial charge in [-0.25, -0.2) is 19.4 Å². The number of carbonyl (C=O) groups excluding carboxylic acids is 3. The van der Waals surface area contributed by atoms with Gasteiger partial charge in [0.1, 0.15) is 11.9 Å². The lowest BCUT2D eigenvalue weighted by Gasteiger charge is -2.48. The van der Waals surface area contributed by atoms with Gasteiger partial charge in [0.15, 0.2) is 0 Å². The van der Waals surface area contributed by atoms with E-state index in [1.807, 2.05) is 37.3 Å². The predicted octanol–water partition coefficient (Wildman–Crippen LogP) is 5.60. The summed E-state index contributed by atoms with van der Waals surface area (Å²) in [4.78, 5) is 43.7. The zero-order chi connectivity index (χ0) is 27.5. The fraction of sp³-hybridized carbons (Fsp3) is 0.448. The van der Waals surface area contributed by atoms with E-state index in [-0.39, 0.29) is 18.6 Å². The van der Waals surface area contributed by atoms with E-state index in [0.29, 0.717) is 24.5 Å². The number of unbranched alkanes of at least 4 members (excludes halogenated alkanes) is 3. The normalized spacial score (nSPS) is 17.2. The third kappa shape index (κ3) is 7.57. The highest BCUT2D eigenvalue weighted by Gasteiger charge is 2.51. The molecule has 1 aromatic heterocycles. The lowest BCUT2D eigenvalue weighted by Crippen LogP contribution is -2.63. The van der Waals surface area contributed by atoms with Crippen LogP contribution in [0, 0.1) is 5.92 Å². The molecule has 0 unspecified atom stereocenters. The smallest absolute Gasteiger partial charge is 0.412 e. The van der Waals surface area contributed by atoms with Crippen LogP contribution in [0.5, 0.6) is 0 Å². The van der Waals surface area contributed by atoms with Gasteiger partial charge in [0, 0.05) is 17.8 Å². The molecule has 1 aliphatic heterocycles. The summed E-state index contributed by atoms with van der Waals surface area (Å²) in [5.74, 6) is -0.468. The first kappa shape index (κ1) is 28.7. The van der Waals surface area contributed by atoms with Crippen molar-refractivity contribution >= 4 is 23.9 Å². The molecule has 1 aliphatic rings. The van der Waals surface area contributed by atoms with E-state index in [9.17, 15) is 14.4 Å². The lowest BCUT2D eigenvalue weighted by molar-refractivity contribution is -0.153. The van der Waals surface area contributed by atoms with Gasteiger partial charge < -0.3 is 14.8 Å². The van der Waals surface area contributed by atoms with Crippen LogP contribution < -0.4 is 10.6 Å². The number of carbonyl (C=O) groups is 3. The second kappa shape index (κ2) is 14.2. The van der Waals surface area contributed by atoms with Crippen LogP contribution in [-0.4, -0.2) is 47.2 Å². The molecule has 3 amide bonds. The number of likely N-dealkylation sites (tertiary alicyclic amines) is 1. The molecule has 9 nitrogen and oxygen atoms in total. The molecule has 1 aromatic carbocycles. The van der Waals surface area contributed by atoms with Gasteiger partial charge in [-0.05, 0) is 49.9 Å². The highest BCUT2D eigenvalue weighted by atomic mass is 16.5. The number of esters is 1. The minimum atomic E-state index is -0.803. The molecule has 204 valence electrons. The molecule has 1 fully saturated rings. The van der Waals surface area contributed by atoms with Crippen LogP contribution in [0.15, 0.2) is 60.9 Å². The van der Waals surface area contributed by atoms with E-state index in [0.717, 1.165) is 36.8 Å². The van der Waals surface area contributed by atoms with Gasteiger partial charge in [-0.3, -0.25) is 10.2 Å². The van der Waals surface area contributed by atoms with Crippen LogP contribution in [0.25, 0.3) is 0 Å². The number of nitrogens with one attached hydrogen (secondary N) is 2. The number of rotatable bonds is 12. The first-order valence-corrected chi connectivity index (χ1v) is 13.2. The number of hydrogen-bond donors (Lipinski definition) is 2. The van der Waals surface area contributed by atoms with Crippen LogP contribution in [0.4, 0.5) is 15.4 Å². The summed E-state index contributed by atoms with van der Waals surface area (Å²) in [5.41, 5.74) is 2.31. The number of anilines is 1. The van der Waals surface area contributed by atoms with E-state index < -0.39 is 24.1 Å². The van der Waals surface area contributed by atoms with Crippen molar-refractivity contribution in [2.45, 2.75) is 65.0 Å². The van der Waals surface area contributed by atoms with Gasteiger partial charge in [0.25, 0.3) is 0 Å². The molecule has 2 N–H and O–H groups in total. The fourth-order valence-electron chi connectivity index (χ4n) is 4.46. The van der Waals surface area contributed by atoms with E-state index >= 15 is 0 Å². The van der Waals surface area contributed by atoms with E-state index in [2.05, 4.69) is 29.1 Å². The Balaban J connectivity index is 1.63. The number of benzene rings is 1. The monoisotopic (exact) mass is 522 g/mol. The Morgan fingerprint density at radius 3 is 2.55 bits per heavy atom. The summed E-state index contributed by atoms with van der Waals surface area (Å²) in [7, 11) is 0. The van der Waals surface area contributed by atoms with Gasteiger partial charge in [-0.1, -0.05) is 63.1 Å². The Morgan fingerprint density at radius 2 is 1.84 bits per heavy atom. The number of pyridine rings is 1. The predicted molar refractivity (Wildman–Crippen MR) is 145 cm³/mol. The van der Waals surface area contributed by atoms with Gasteiger partial charge >= 0.3 is 18.1 Å². The summed E-state index contributed by atoms with van der Waals surface area (Å²) in [6.07, 6.45) is 5.51. The SMILES string of the molecule is C=C1[C@H](Cc2ccnc(NC(=O)OCCCCCC)c2)[C@@H](C(=O)OCC)N1C(=O)N[C@H](C)c1ccccc1. The van der Waals surface area contributed by atoms with E-state index in [1.54, 1.807) is 25.3 Å². The van der Waals surface area contributed by atoms with Crippen molar-refractivity contribution in [3.05, 3.63) is 72.1 Å². The van der Waals surface area contributed by atoms with Crippen molar-refractivity contribution in [3.8, 4) is 0 Å². The van der Waals surface area contributed by atoms with Crippen molar-refractivity contribution in [1.29, 1.82) is 0 Å². The molecular weight excluding hydrogens is 484 g/mol. The molecule has 2 aromatic rings. The molecule has 3 atom stereocenters. The molecule has 2 heterocycles.